The van der Waals surface area contributed by atoms with Gasteiger partial charge in [0.1, 0.15) is 12.3 Å². The van der Waals surface area contributed by atoms with Crippen LogP contribution in [0.3, 0.4) is 0 Å². The molecule has 0 saturated heterocycles. The number of carbonyl (C=O) groups is 1. The molecule has 4 aromatic rings. The molecule has 3 aromatic carbocycles. The van der Waals surface area contributed by atoms with E-state index < -0.39 is 218 Å². The molecule has 0 unspecified atom stereocenters. The largest absolute Gasteiger partial charge is 0.416 e. The number of amides is 1. The highest BCUT2D eigenvalue weighted by Gasteiger charge is 2.30. The van der Waals surface area contributed by atoms with Crippen molar-refractivity contribution in [3.8, 4) is 11.1 Å². The van der Waals surface area contributed by atoms with Crippen molar-refractivity contribution in [2.24, 2.45) is 0 Å². The average molecular weight is 697 g/mol. The molecule has 0 spiro atoms. The van der Waals surface area contributed by atoms with Gasteiger partial charge in [-0.15, -0.1) is 0 Å². The predicted molar refractivity (Wildman–Crippen MR) is 177 cm³/mol. The Bertz CT molecular complexity index is 3110. The quantitative estimate of drug-likeness (QED) is 0.0840. The van der Waals surface area contributed by atoms with Crippen LogP contribution in [0.5, 0.6) is 0 Å². The second-order valence-corrected chi connectivity index (χ2v) is 9.53. The van der Waals surface area contributed by atoms with Crippen LogP contribution in [0.1, 0.15) is 89.3 Å². The van der Waals surface area contributed by atoms with Gasteiger partial charge in [0, 0.05) is 52.9 Å². The van der Waals surface area contributed by atoms with E-state index in [0.29, 0.717) is 13.8 Å². The van der Waals surface area contributed by atoms with E-state index in [4.69, 9.17) is 32.9 Å². The summed E-state index contributed by atoms with van der Waals surface area (Å²) in [6.07, 6.45) is -17.6. The molecule has 0 radical (unpaired) electrons. The third-order valence-corrected chi connectivity index (χ3v) is 6.53. The number of nitrogens with zero attached hydrogens (tertiary/aromatic N) is 4. The summed E-state index contributed by atoms with van der Waals surface area (Å²) in [6.45, 7) is -25.3. The Hall–Kier alpha value is -3.96. The van der Waals surface area contributed by atoms with E-state index in [9.17, 15) is 30.6 Å². The van der Waals surface area contributed by atoms with Gasteiger partial charge in [-0.1, -0.05) is 73.9 Å². The lowest BCUT2D eigenvalue weighted by Gasteiger charge is -2.28. The predicted octanol–water partition coefficient (Wildman–Crippen LogP) is 7.22. The zero-order chi connectivity index (χ0) is 60.1. The number of fused-ring (bicyclic) bond motifs is 1. The Labute approximate surface area is 318 Å². The van der Waals surface area contributed by atoms with E-state index in [0.717, 1.165) is 0 Å². The Balaban J connectivity index is 1.99. The van der Waals surface area contributed by atoms with Gasteiger partial charge in [-0.05, 0) is 78.5 Å². The first-order chi connectivity index (χ1) is 34.2. The molecular weight excluding hydrogens is 628 g/mol. The molecule has 47 heavy (non-hydrogen) atoms. The molecule has 11 heteroatoms. The van der Waals surface area contributed by atoms with Crippen LogP contribution >= 0.6 is 11.8 Å². The van der Waals surface area contributed by atoms with Crippen LogP contribution in [-0.2, 0) is 42.5 Å². The SMILES string of the molecule is [2H]c1c([2H])c(CSc2nc(=O)c3c(n2C([2H])([2H])C(=O)N(C([2H])([2H])c2c([2H])c([2H])c(-c4c([2H])c([2H])c(C(F)(F)F)c([2H])c4[2H])c([2H])c2[2H])C([2H])([2H])C([2H])([2H])N(C([2H])([2H])C)C([2H])([2H])C)C([2H])([2H])C([2H])([2H])C3([2H])[2H])c([2H])c([2H])c1F. The number of halogens is 4. The smallest absolute Gasteiger partial charge is 0.336 e. The number of likely N-dealkylation sites (N-methyl/N-ethyl adjacent to an activating group) is 1. The first-order valence-electron chi connectivity index (χ1n) is 27.7. The summed E-state index contributed by atoms with van der Waals surface area (Å²) in [7, 11) is 0. The van der Waals surface area contributed by atoms with Crippen LogP contribution < -0.4 is 5.56 Å². The fraction of sp³-hybridized carbons (Fsp3) is 0.361. The standard InChI is InChI=1S/C36H38F4N4O2S/c1-3-42(4-2)20-21-43(22-25-8-12-27(13-9-25)28-14-16-29(17-15-28)36(38,39)40)33(45)23-44-32-7-5-6-31(32)34(46)41-35(44)47-24-26-10-18-30(37)19-11-26/h8-19H,3-7,20-24H2,1-2H3/i3D2,4D2,5D2,6D2,7D2,8D,9D,10D,11D,12D,13D,14D,15D,16D,17D,18D,19D,20D2,21D2,22D2,23D2. The molecule has 1 heterocycles. The van der Waals surface area contributed by atoms with Gasteiger partial charge in [0.25, 0.3) is 5.56 Å². The molecule has 1 amide bonds. The highest BCUT2D eigenvalue weighted by Crippen LogP contribution is 2.31. The fourth-order valence-electron chi connectivity index (χ4n) is 3.40. The molecule has 0 N–H and O–H groups in total. The van der Waals surface area contributed by atoms with Crippen molar-refractivity contribution in [1.82, 2.24) is 19.4 Å². The van der Waals surface area contributed by atoms with Crippen LogP contribution in [0.2, 0.25) is 0 Å². The highest BCUT2D eigenvalue weighted by atomic mass is 32.2. The summed E-state index contributed by atoms with van der Waals surface area (Å²) in [4.78, 5) is 31.0. The lowest BCUT2D eigenvalue weighted by Crippen LogP contribution is -2.40. The number of benzene rings is 3. The van der Waals surface area contributed by atoms with Gasteiger partial charge in [0.2, 0.25) is 5.91 Å². The van der Waals surface area contributed by atoms with E-state index in [-0.39, 0.29) is 11.8 Å². The van der Waals surface area contributed by atoms with Crippen molar-refractivity contribution in [2.75, 3.05) is 26.0 Å². The molecule has 0 saturated carbocycles. The number of thioether (sulfide) groups is 1. The van der Waals surface area contributed by atoms with Gasteiger partial charge in [-0.3, -0.25) is 9.59 Å². The van der Waals surface area contributed by atoms with E-state index >= 15 is 4.79 Å². The van der Waals surface area contributed by atoms with Gasteiger partial charge >= 0.3 is 6.18 Å². The van der Waals surface area contributed by atoms with Crippen molar-refractivity contribution in [1.29, 1.82) is 0 Å². The zero-order valence-corrected chi connectivity index (χ0v) is 24.5. The van der Waals surface area contributed by atoms with Crippen molar-refractivity contribution >= 4 is 17.7 Å². The van der Waals surface area contributed by atoms with E-state index in [1.807, 2.05) is 0 Å². The summed E-state index contributed by atoms with van der Waals surface area (Å²) in [5.41, 5.74) is -13.2. The van der Waals surface area contributed by atoms with Crippen molar-refractivity contribution in [2.45, 2.75) is 63.0 Å². The lowest BCUT2D eigenvalue weighted by atomic mass is 10.0. The van der Waals surface area contributed by atoms with Crippen molar-refractivity contribution in [3.63, 3.8) is 0 Å². The third kappa shape index (κ3) is 8.70. The summed E-state index contributed by atoms with van der Waals surface area (Å²) in [5, 5.41) is -1.48. The fourth-order valence-corrected chi connectivity index (χ4v) is 4.23. The maximum absolute atomic E-state index is 15.5. The summed E-state index contributed by atoms with van der Waals surface area (Å²) >= 11 is -0.166. The summed E-state index contributed by atoms with van der Waals surface area (Å²) < 4.78 is 315. The molecule has 1 aliphatic carbocycles. The minimum absolute atomic E-state index is 0.166. The molecule has 1 aliphatic rings. The lowest BCUT2D eigenvalue weighted by molar-refractivity contribution is -0.137. The van der Waals surface area contributed by atoms with Crippen LogP contribution in [-0.4, -0.2) is 51.2 Å². The summed E-state index contributed by atoms with van der Waals surface area (Å²) in [5.74, 6) is -5.83. The molecule has 5 rings (SSSR count). The monoisotopic (exact) mass is 696 g/mol. The minimum Gasteiger partial charge on any atom is -0.336 e. The van der Waals surface area contributed by atoms with E-state index in [1.165, 1.54) is 0 Å². The molecule has 0 atom stereocenters. The van der Waals surface area contributed by atoms with E-state index in [1.54, 1.807) is 0 Å². The molecule has 1 aromatic heterocycles. The van der Waals surface area contributed by atoms with E-state index in [2.05, 4.69) is 4.98 Å². The highest BCUT2D eigenvalue weighted by molar-refractivity contribution is 7.98. The molecule has 248 valence electrons. The first kappa shape index (κ1) is 12.8. The molecule has 0 bridgehead atoms. The Morgan fingerprint density at radius 2 is 1.57 bits per heavy atom. The van der Waals surface area contributed by atoms with Crippen molar-refractivity contribution < 1.29 is 63.5 Å². The van der Waals surface area contributed by atoms with Crippen LogP contribution in [0.15, 0.2) is 82.5 Å². The number of rotatable bonds is 13. The molecule has 6 nitrogen and oxygen atoms in total. The normalized spacial score (nSPS) is 27.1. The second-order valence-electron chi connectivity index (χ2n) is 8.58. The average Bonchev–Trinajstić information content (AvgIpc) is 3.35. The van der Waals surface area contributed by atoms with Crippen LogP contribution in [0, 0.1) is 5.82 Å². The van der Waals surface area contributed by atoms with Crippen molar-refractivity contribution in [3.05, 3.63) is 117 Å². The van der Waals surface area contributed by atoms with Gasteiger partial charge in [-0.2, -0.15) is 18.2 Å². The topological polar surface area (TPSA) is 58.4 Å². The third-order valence-electron chi connectivity index (χ3n) is 5.56. The second kappa shape index (κ2) is 15.3. The van der Waals surface area contributed by atoms with Crippen LogP contribution in [0.4, 0.5) is 17.6 Å². The van der Waals surface area contributed by atoms with Gasteiger partial charge in [0.15, 0.2) is 5.16 Å². The molecular formula is C36H38F4N4O2S. The Morgan fingerprint density at radius 3 is 2.19 bits per heavy atom. The Kier molecular flexibility index (Phi) is 4.17. The first-order valence-corrected chi connectivity index (χ1v) is 13.7. The van der Waals surface area contributed by atoms with Gasteiger partial charge < -0.3 is 14.4 Å². The maximum Gasteiger partial charge on any atom is 0.416 e. The maximum atomic E-state index is 15.5. The number of aromatic nitrogens is 2. The molecule has 0 aliphatic heterocycles. The number of hydrogen-bond donors (Lipinski definition) is 0. The summed E-state index contributed by atoms with van der Waals surface area (Å²) in [6, 6.07) is -19.0. The number of carbonyl (C=O) groups excluding carboxylic acids is 1. The Morgan fingerprint density at radius 1 is 0.957 bits per heavy atom. The van der Waals surface area contributed by atoms with Crippen LogP contribution in [0.25, 0.3) is 11.1 Å². The number of hydrogen-bond acceptors (Lipinski definition) is 5. The minimum atomic E-state index is -5.56. The molecule has 0 fully saturated rings. The zero-order valence-electron chi connectivity index (χ0n) is 53.7. The van der Waals surface area contributed by atoms with Gasteiger partial charge in [-0.25, -0.2) is 4.39 Å². The number of alkyl halides is 3. The van der Waals surface area contributed by atoms with Gasteiger partial charge in [0.05, 0.1) is 30.2 Å².